The topological polar surface area (TPSA) is 69.7 Å². The molecule has 4 rings (SSSR count). The first-order valence-electron chi connectivity index (χ1n) is 7.73. The van der Waals surface area contributed by atoms with Crippen molar-refractivity contribution in [1.82, 2.24) is 25.5 Å². The van der Waals surface area contributed by atoms with Crippen molar-refractivity contribution in [3.05, 3.63) is 24.3 Å². The molecule has 0 spiro atoms. The summed E-state index contributed by atoms with van der Waals surface area (Å²) < 4.78 is 0. The maximum Gasteiger partial charge on any atom is 0.204 e. The van der Waals surface area contributed by atoms with Gasteiger partial charge < -0.3 is 10.2 Å². The molecule has 3 heterocycles. The number of nitrogens with zero attached hydrogens (tertiary/aromatic N) is 4. The van der Waals surface area contributed by atoms with Gasteiger partial charge in [0.25, 0.3) is 0 Å². The summed E-state index contributed by atoms with van der Waals surface area (Å²) in [6.07, 6.45) is 5.21. The van der Waals surface area contributed by atoms with Crippen molar-refractivity contribution in [2.75, 3.05) is 18.4 Å². The number of aromatic amines is 1. The number of H-pyrrole nitrogens is 1. The molecule has 1 aromatic carbocycles. The summed E-state index contributed by atoms with van der Waals surface area (Å²) in [7, 11) is 0. The molecule has 0 bridgehead atoms. The number of hydrogen-bond donors (Lipinski definition) is 2. The fourth-order valence-electron chi connectivity index (χ4n) is 3.62. The Morgan fingerprint density at radius 1 is 1.24 bits per heavy atom. The lowest BCUT2D eigenvalue weighted by molar-refractivity contribution is 0.188. The molecule has 110 valence electrons. The summed E-state index contributed by atoms with van der Waals surface area (Å²) in [4.78, 5) is 2.65. The molecular formula is C15H20N6. The minimum Gasteiger partial charge on any atom is -0.382 e. The molecule has 21 heavy (non-hydrogen) atoms. The number of piperidine rings is 1. The first-order chi connectivity index (χ1) is 10.4. The third-order valence-electron chi connectivity index (χ3n) is 4.66. The van der Waals surface area contributed by atoms with Crippen molar-refractivity contribution in [1.29, 1.82) is 0 Å². The number of tetrazole rings is 1. The van der Waals surface area contributed by atoms with E-state index in [0.717, 1.165) is 17.3 Å². The van der Waals surface area contributed by atoms with E-state index in [1.807, 2.05) is 12.1 Å². The summed E-state index contributed by atoms with van der Waals surface area (Å²) >= 11 is 0. The van der Waals surface area contributed by atoms with Crippen LogP contribution in [0.4, 0.5) is 5.69 Å². The lowest BCUT2D eigenvalue weighted by Crippen LogP contribution is -2.42. The van der Waals surface area contributed by atoms with E-state index in [1.54, 1.807) is 0 Å². The van der Waals surface area contributed by atoms with E-state index >= 15 is 0 Å². The van der Waals surface area contributed by atoms with Gasteiger partial charge in [0.05, 0.1) is 0 Å². The average molecular weight is 284 g/mol. The highest BCUT2D eigenvalue weighted by molar-refractivity contribution is 5.61. The molecule has 2 fully saturated rings. The van der Waals surface area contributed by atoms with E-state index < -0.39 is 0 Å². The molecule has 0 radical (unpaired) electrons. The molecule has 0 aliphatic carbocycles. The summed E-state index contributed by atoms with van der Waals surface area (Å²) in [5, 5.41) is 17.9. The SMILES string of the molecule is c1cc(NC2CCN3CCCC3C2)cc(-c2nn[nH]n2)c1. The molecule has 2 saturated heterocycles. The van der Waals surface area contributed by atoms with Gasteiger partial charge in [-0.25, -0.2) is 0 Å². The zero-order valence-corrected chi connectivity index (χ0v) is 12.0. The zero-order chi connectivity index (χ0) is 14.1. The standard InChI is InChI=1S/C15H20N6/c1-3-11(15-17-19-20-18-15)9-12(4-1)16-13-6-8-21-7-2-5-14(21)10-13/h1,3-4,9,13-14,16H,2,5-8,10H2,(H,17,18,19,20). The molecule has 2 aliphatic heterocycles. The third kappa shape index (κ3) is 2.63. The number of hydrogen-bond acceptors (Lipinski definition) is 5. The monoisotopic (exact) mass is 284 g/mol. The van der Waals surface area contributed by atoms with Crippen LogP contribution in [0.3, 0.4) is 0 Å². The first-order valence-corrected chi connectivity index (χ1v) is 7.73. The van der Waals surface area contributed by atoms with Crippen molar-refractivity contribution in [2.24, 2.45) is 0 Å². The highest BCUT2D eigenvalue weighted by atomic mass is 15.5. The van der Waals surface area contributed by atoms with Gasteiger partial charge in [-0.1, -0.05) is 12.1 Å². The zero-order valence-electron chi connectivity index (χ0n) is 12.0. The van der Waals surface area contributed by atoms with Gasteiger partial charge >= 0.3 is 0 Å². The van der Waals surface area contributed by atoms with Crippen molar-refractivity contribution >= 4 is 5.69 Å². The van der Waals surface area contributed by atoms with Crippen LogP contribution in [0.15, 0.2) is 24.3 Å². The smallest absolute Gasteiger partial charge is 0.204 e. The second kappa shape index (κ2) is 5.44. The van der Waals surface area contributed by atoms with E-state index in [1.165, 1.54) is 38.8 Å². The lowest BCUT2D eigenvalue weighted by atomic mass is 9.97. The molecule has 6 heteroatoms. The Balaban J connectivity index is 1.46. The molecule has 2 N–H and O–H groups in total. The van der Waals surface area contributed by atoms with Crippen molar-refractivity contribution in [2.45, 2.75) is 37.8 Å². The molecule has 0 saturated carbocycles. The first kappa shape index (κ1) is 12.8. The Morgan fingerprint density at radius 2 is 2.24 bits per heavy atom. The maximum atomic E-state index is 4.04. The van der Waals surface area contributed by atoms with Crippen LogP contribution < -0.4 is 5.32 Å². The van der Waals surface area contributed by atoms with Gasteiger partial charge in [0, 0.05) is 29.9 Å². The largest absolute Gasteiger partial charge is 0.382 e. The Bertz CT molecular complexity index is 596. The van der Waals surface area contributed by atoms with Crippen molar-refractivity contribution in [3.8, 4) is 11.4 Å². The second-order valence-corrected chi connectivity index (χ2v) is 6.01. The summed E-state index contributed by atoms with van der Waals surface area (Å²) in [6, 6.07) is 9.63. The molecule has 2 aromatic rings. The van der Waals surface area contributed by atoms with Crippen LogP contribution in [0.2, 0.25) is 0 Å². The average Bonchev–Trinajstić information content (AvgIpc) is 3.18. The fourth-order valence-corrected chi connectivity index (χ4v) is 3.62. The van der Waals surface area contributed by atoms with Crippen LogP contribution in [0.5, 0.6) is 0 Å². The molecule has 2 unspecified atom stereocenters. The molecule has 2 aliphatic rings. The normalized spacial score (nSPS) is 25.7. The number of anilines is 1. The number of benzene rings is 1. The van der Waals surface area contributed by atoms with Crippen LogP contribution in [0, 0.1) is 0 Å². The lowest BCUT2D eigenvalue weighted by Gasteiger charge is -2.35. The Labute approximate surface area is 123 Å². The quantitative estimate of drug-likeness (QED) is 0.901. The van der Waals surface area contributed by atoms with E-state index in [-0.39, 0.29) is 0 Å². The van der Waals surface area contributed by atoms with Gasteiger partial charge in [-0.2, -0.15) is 5.21 Å². The predicted molar refractivity (Wildman–Crippen MR) is 80.9 cm³/mol. The van der Waals surface area contributed by atoms with Crippen LogP contribution in [-0.2, 0) is 0 Å². The van der Waals surface area contributed by atoms with E-state index in [0.29, 0.717) is 11.9 Å². The minimum atomic E-state index is 0.574. The fraction of sp³-hybridized carbons (Fsp3) is 0.533. The van der Waals surface area contributed by atoms with E-state index in [4.69, 9.17) is 0 Å². The number of aromatic nitrogens is 4. The highest BCUT2D eigenvalue weighted by Gasteiger charge is 2.31. The van der Waals surface area contributed by atoms with Gasteiger partial charge in [0.15, 0.2) is 0 Å². The number of nitrogens with one attached hydrogen (secondary N) is 2. The number of rotatable bonds is 3. The summed E-state index contributed by atoms with van der Waals surface area (Å²) in [6.45, 7) is 2.53. The Kier molecular flexibility index (Phi) is 3.31. The molecule has 6 nitrogen and oxygen atoms in total. The second-order valence-electron chi connectivity index (χ2n) is 6.01. The Morgan fingerprint density at radius 3 is 3.14 bits per heavy atom. The van der Waals surface area contributed by atoms with Crippen LogP contribution in [0.25, 0.3) is 11.4 Å². The summed E-state index contributed by atoms with van der Waals surface area (Å²) in [5.74, 6) is 0.643. The van der Waals surface area contributed by atoms with Gasteiger partial charge in [-0.3, -0.25) is 0 Å². The predicted octanol–water partition coefficient (Wildman–Crippen LogP) is 1.91. The van der Waals surface area contributed by atoms with E-state index in [2.05, 4.69) is 43.0 Å². The number of fused-ring (bicyclic) bond motifs is 1. The van der Waals surface area contributed by atoms with Gasteiger partial charge in [0.1, 0.15) is 0 Å². The van der Waals surface area contributed by atoms with E-state index in [9.17, 15) is 0 Å². The third-order valence-corrected chi connectivity index (χ3v) is 4.66. The van der Waals surface area contributed by atoms with Gasteiger partial charge in [-0.15, -0.1) is 10.2 Å². The van der Waals surface area contributed by atoms with Crippen molar-refractivity contribution in [3.63, 3.8) is 0 Å². The van der Waals surface area contributed by atoms with Gasteiger partial charge in [-0.05, 0) is 49.6 Å². The van der Waals surface area contributed by atoms with Crippen LogP contribution in [-0.4, -0.2) is 50.7 Å². The van der Waals surface area contributed by atoms with Crippen molar-refractivity contribution < 1.29 is 0 Å². The molecule has 0 amide bonds. The summed E-state index contributed by atoms with van der Waals surface area (Å²) in [5.41, 5.74) is 2.14. The van der Waals surface area contributed by atoms with Crippen LogP contribution in [0.1, 0.15) is 25.7 Å². The molecular weight excluding hydrogens is 264 g/mol. The minimum absolute atomic E-state index is 0.574. The molecule has 2 atom stereocenters. The van der Waals surface area contributed by atoms with Crippen LogP contribution >= 0.6 is 0 Å². The van der Waals surface area contributed by atoms with Gasteiger partial charge in [0.2, 0.25) is 5.82 Å². The molecule has 1 aromatic heterocycles. The Hall–Kier alpha value is -1.95. The maximum absolute atomic E-state index is 4.04. The highest BCUT2D eigenvalue weighted by Crippen LogP contribution is 2.29.